The minimum absolute atomic E-state index is 0.685. The molecule has 0 aliphatic heterocycles. The fraction of sp³-hybridized carbons (Fsp3) is 0.600. The van der Waals surface area contributed by atoms with Crippen molar-refractivity contribution in [1.82, 2.24) is 5.32 Å². The van der Waals surface area contributed by atoms with Crippen LogP contribution < -0.4 is 5.32 Å². The molecule has 0 heterocycles. The van der Waals surface area contributed by atoms with E-state index in [9.17, 15) is 0 Å². The molecule has 1 fully saturated rings. The van der Waals surface area contributed by atoms with Crippen LogP contribution in [0.15, 0.2) is 18.2 Å². The molecule has 0 aromatic heterocycles. The van der Waals surface area contributed by atoms with Gasteiger partial charge in [0.2, 0.25) is 0 Å². The molecule has 0 spiro atoms. The van der Waals surface area contributed by atoms with Crippen LogP contribution in [0.3, 0.4) is 0 Å². The molecule has 0 bridgehead atoms. The van der Waals surface area contributed by atoms with Crippen molar-refractivity contribution in [3.8, 4) is 0 Å². The number of rotatable bonds is 4. The number of nitrogens with one attached hydrogen (secondary N) is 1. The molecule has 18 heavy (non-hydrogen) atoms. The summed E-state index contributed by atoms with van der Waals surface area (Å²) >= 11 is 12.1. The van der Waals surface area contributed by atoms with Crippen LogP contribution in [-0.4, -0.2) is 12.6 Å². The lowest BCUT2D eigenvalue weighted by atomic mass is 9.86. The van der Waals surface area contributed by atoms with Crippen LogP contribution in [0.2, 0.25) is 10.0 Å². The van der Waals surface area contributed by atoms with E-state index in [1.54, 1.807) is 0 Å². The second-order valence-corrected chi connectivity index (χ2v) is 6.15. The maximum absolute atomic E-state index is 6.17. The van der Waals surface area contributed by atoms with Gasteiger partial charge in [-0.15, -0.1) is 0 Å². The van der Waals surface area contributed by atoms with Gasteiger partial charge in [0, 0.05) is 16.1 Å². The summed E-state index contributed by atoms with van der Waals surface area (Å²) in [5.74, 6) is 0.805. The highest BCUT2D eigenvalue weighted by atomic mass is 35.5. The zero-order valence-electron chi connectivity index (χ0n) is 10.9. The van der Waals surface area contributed by atoms with E-state index in [0.29, 0.717) is 11.1 Å². The first kappa shape index (κ1) is 14.2. The zero-order chi connectivity index (χ0) is 13.0. The molecule has 1 aliphatic rings. The van der Waals surface area contributed by atoms with Gasteiger partial charge in [-0.2, -0.15) is 0 Å². The number of benzene rings is 1. The molecule has 1 aromatic carbocycles. The van der Waals surface area contributed by atoms with Crippen molar-refractivity contribution in [3.63, 3.8) is 0 Å². The van der Waals surface area contributed by atoms with E-state index >= 15 is 0 Å². The van der Waals surface area contributed by atoms with Gasteiger partial charge in [0.05, 0.1) is 0 Å². The summed E-state index contributed by atoms with van der Waals surface area (Å²) < 4.78 is 0. The summed E-state index contributed by atoms with van der Waals surface area (Å²) in [6, 6.07) is 6.44. The van der Waals surface area contributed by atoms with Gasteiger partial charge in [0.1, 0.15) is 0 Å². The highest BCUT2D eigenvalue weighted by Crippen LogP contribution is 2.24. The monoisotopic (exact) mass is 285 g/mol. The number of halogens is 2. The Morgan fingerprint density at radius 2 is 2.00 bits per heavy atom. The summed E-state index contributed by atoms with van der Waals surface area (Å²) in [5, 5.41) is 5.15. The molecule has 0 amide bonds. The Hall–Kier alpha value is -0.240. The van der Waals surface area contributed by atoms with Crippen molar-refractivity contribution >= 4 is 23.2 Å². The average Bonchev–Trinajstić information content (AvgIpc) is 2.34. The van der Waals surface area contributed by atoms with Gasteiger partial charge in [0.15, 0.2) is 0 Å². The maximum atomic E-state index is 6.17. The molecule has 1 N–H and O–H groups in total. The summed E-state index contributed by atoms with van der Waals surface area (Å²) in [4.78, 5) is 0. The molecular weight excluding hydrogens is 265 g/mol. The third-order valence-electron chi connectivity index (χ3n) is 3.93. The quantitative estimate of drug-likeness (QED) is 0.845. The Bertz CT molecular complexity index is 392. The predicted octanol–water partition coefficient (Wildman–Crippen LogP) is 4.70. The van der Waals surface area contributed by atoms with Crippen molar-refractivity contribution < 1.29 is 0 Å². The lowest BCUT2D eigenvalue weighted by molar-refractivity contribution is 0.282. The predicted molar refractivity (Wildman–Crippen MR) is 79.6 cm³/mol. The van der Waals surface area contributed by atoms with E-state index in [4.69, 9.17) is 23.2 Å². The van der Waals surface area contributed by atoms with E-state index in [0.717, 1.165) is 23.9 Å². The topological polar surface area (TPSA) is 12.0 Å². The highest BCUT2D eigenvalue weighted by Gasteiger charge is 2.20. The standard InChI is InChI=1S/C15H21Cl2N/c1-11-4-2-3-5-15(11)18-9-8-12-6-7-13(16)10-14(12)17/h6-7,10-11,15,18H,2-5,8-9H2,1H3. The van der Waals surface area contributed by atoms with Crippen LogP contribution in [0.4, 0.5) is 0 Å². The molecule has 3 heteroatoms. The largest absolute Gasteiger partial charge is 0.313 e. The van der Waals surface area contributed by atoms with Gasteiger partial charge in [-0.1, -0.05) is 49.0 Å². The van der Waals surface area contributed by atoms with Gasteiger partial charge < -0.3 is 5.32 Å². The number of hydrogen-bond acceptors (Lipinski definition) is 1. The van der Waals surface area contributed by atoms with Crippen LogP contribution in [0.25, 0.3) is 0 Å². The van der Waals surface area contributed by atoms with Gasteiger partial charge in [-0.25, -0.2) is 0 Å². The Kier molecular flexibility index (Phi) is 5.35. The zero-order valence-corrected chi connectivity index (χ0v) is 12.4. The van der Waals surface area contributed by atoms with Crippen molar-refractivity contribution in [1.29, 1.82) is 0 Å². The van der Waals surface area contributed by atoms with Crippen molar-refractivity contribution in [3.05, 3.63) is 33.8 Å². The van der Waals surface area contributed by atoms with E-state index in [1.165, 1.54) is 31.2 Å². The average molecular weight is 286 g/mol. The van der Waals surface area contributed by atoms with Crippen molar-refractivity contribution in [2.24, 2.45) is 5.92 Å². The molecular formula is C15H21Cl2N. The Balaban J connectivity index is 1.81. The highest BCUT2D eigenvalue weighted by molar-refractivity contribution is 6.35. The summed E-state index contributed by atoms with van der Waals surface area (Å²) in [6.07, 6.45) is 6.40. The Labute approximate surface area is 120 Å². The van der Waals surface area contributed by atoms with E-state index in [2.05, 4.69) is 12.2 Å². The van der Waals surface area contributed by atoms with Crippen molar-refractivity contribution in [2.75, 3.05) is 6.54 Å². The normalized spacial score (nSPS) is 24.2. The third kappa shape index (κ3) is 3.88. The minimum Gasteiger partial charge on any atom is -0.313 e. The summed E-state index contributed by atoms with van der Waals surface area (Å²) in [5.41, 5.74) is 1.18. The van der Waals surface area contributed by atoms with Gasteiger partial charge >= 0.3 is 0 Å². The molecule has 2 unspecified atom stereocenters. The molecule has 0 saturated heterocycles. The fourth-order valence-corrected chi connectivity index (χ4v) is 3.24. The van der Waals surface area contributed by atoms with E-state index < -0.39 is 0 Å². The summed E-state index contributed by atoms with van der Waals surface area (Å²) in [7, 11) is 0. The minimum atomic E-state index is 0.685. The SMILES string of the molecule is CC1CCCCC1NCCc1ccc(Cl)cc1Cl. The molecule has 1 aromatic rings. The van der Waals surface area contributed by atoms with Gasteiger partial charge in [-0.05, 0) is 49.4 Å². The Morgan fingerprint density at radius 3 is 2.72 bits per heavy atom. The molecule has 1 aliphatic carbocycles. The van der Waals surface area contributed by atoms with Crippen molar-refractivity contribution in [2.45, 2.75) is 45.1 Å². The Morgan fingerprint density at radius 1 is 1.22 bits per heavy atom. The van der Waals surface area contributed by atoms with Crippen LogP contribution >= 0.6 is 23.2 Å². The van der Waals surface area contributed by atoms with E-state index in [1.807, 2.05) is 18.2 Å². The van der Waals surface area contributed by atoms with Crippen LogP contribution in [0.1, 0.15) is 38.2 Å². The maximum Gasteiger partial charge on any atom is 0.0453 e. The lowest BCUT2D eigenvalue weighted by Crippen LogP contribution is -2.38. The second kappa shape index (κ2) is 6.79. The molecule has 2 rings (SSSR count). The lowest BCUT2D eigenvalue weighted by Gasteiger charge is -2.29. The fourth-order valence-electron chi connectivity index (χ4n) is 2.74. The molecule has 100 valence electrons. The van der Waals surface area contributed by atoms with Crippen LogP contribution in [0, 0.1) is 5.92 Å². The van der Waals surface area contributed by atoms with Gasteiger partial charge in [-0.3, -0.25) is 0 Å². The molecule has 1 saturated carbocycles. The molecule has 2 atom stereocenters. The van der Waals surface area contributed by atoms with Crippen LogP contribution in [-0.2, 0) is 6.42 Å². The summed E-state index contributed by atoms with van der Waals surface area (Å²) in [6.45, 7) is 3.35. The first-order valence-electron chi connectivity index (χ1n) is 6.84. The molecule has 0 radical (unpaired) electrons. The second-order valence-electron chi connectivity index (χ2n) is 5.31. The first-order valence-corrected chi connectivity index (χ1v) is 7.59. The van der Waals surface area contributed by atoms with Gasteiger partial charge in [0.25, 0.3) is 0 Å². The first-order chi connectivity index (χ1) is 8.66. The van der Waals surface area contributed by atoms with E-state index in [-0.39, 0.29) is 0 Å². The number of hydrogen-bond donors (Lipinski definition) is 1. The smallest absolute Gasteiger partial charge is 0.0453 e. The third-order valence-corrected chi connectivity index (χ3v) is 4.51. The van der Waals surface area contributed by atoms with Crippen LogP contribution in [0.5, 0.6) is 0 Å². The molecule has 1 nitrogen and oxygen atoms in total.